The highest BCUT2D eigenvalue weighted by molar-refractivity contribution is 7.92. The summed E-state index contributed by atoms with van der Waals surface area (Å²) in [6, 6.07) is 19.0. The minimum absolute atomic E-state index is 0.0529. The number of aryl methyl sites for hydroxylation is 1. The van der Waals surface area contributed by atoms with Crippen molar-refractivity contribution >= 4 is 50.7 Å². The van der Waals surface area contributed by atoms with E-state index in [9.17, 15) is 18.0 Å². The number of benzene rings is 3. The molecule has 1 atom stereocenters. The second-order valence-corrected chi connectivity index (χ2v) is 12.6. The first-order valence-corrected chi connectivity index (χ1v) is 15.3. The van der Waals surface area contributed by atoms with Gasteiger partial charge in [-0.05, 0) is 55.7 Å². The van der Waals surface area contributed by atoms with Crippen LogP contribution in [0.2, 0.25) is 10.0 Å². The van der Waals surface area contributed by atoms with Crippen LogP contribution in [0.25, 0.3) is 0 Å². The molecule has 1 N–H and O–H groups in total. The number of sulfonamides is 1. The van der Waals surface area contributed by atoms with Crippen LogP contribution in [0.5, 0.6) is 0 Å². The fourth-order valence-corrected chi connectivity index (χ4v) is 6.09. The Morgan fingerprint density at radius 1 is 0.900 bits per heavy atom. The molecule has 0 fully saturated rings. The summed E-state index contributed by atoms with van der Waals surface area (Å²) in [5, 5.41) is 3.58. The van der Waals surface area contributed by atoms with Crippen molar-refractivity contribution in [1.82, 2.24) is 10.2 Å². The smallest absolute Gasteiger partial charge is 0.264 e. The summed E-state index contributed by atoms with van der Waals surface area (Å²) in [5.74, 6) is -0.695. The van der Waals surface area contributed by atoms with Crippen molar-refractivity contribution in [1.29, 1.82) is 0 Å². The molecule has 3 aromatic rings. The van der Waals surface area contributed by atoms with Gasteiger partial charge in [0.05, 0.1) is 10.6 Å². The summed E-state index contributed by atoms with van der Waals surface area (Å²) < 4.78 is 28.8. The van der Waals surface area contributed by atoms with E-state index >= 15 is 0 Å². The summed E-state index contributed by atoms with van der Waals surface area (Å²) in [4.78, 5) is 28.8. The molecule has 3 rings (SSSR count). The van der Waals surface area contributed by atoms with E-state index in [4.69, 9.17) is 23.2 Å². The zero-order valence-corrected chi connectivity index (χ0v) is 25.4. The van der Waals surface area contributed by atoms with Crippen LogP contribution in [-0.2, 0) is 26.2 Å². The van der Waals surface area contributed by atoms with Crippen LogP contribution in [0.4, 0.5) is 5.69 Å². The fraction of sp³-hybridized carbons (Fsp3) is 0.333. The number of rotatable bonds is 12. The topological polar surface area (TPSA) is 86.8 Å². The lowest BCUT2D eigenvalue weighted by atomic mass is 10.1. The number of halogens is 2. The molecule has 0 unspecified atom stereocenters. The number of hydrogen-bond donors (Lipinski definition) is 1. The number of amides is 2. The molecule has 7 nitrogen and oxygen atoms in total. The van der Waals surface area contributed by atoms with Crippen molar-refractivity contribution in [2.24, 2.45) is 5.92 Å². The molecule has 0 saturated carbocycles. The summed E-state index contributed by atoms with van der Waals surface area (Å²) in [7, 11) is -4.13. The predicted octanol–water partition coefficient (Wildman–Crippen LogP) is 6.08. The van der Waals surface area contributed by atoms with E-state index in [-0.39, 0.29) is 23.3 Å². The lowest BCUT2D eigenvalue weighted by Crippen LogP contribution is -2.52. The molecule has 10 heteroatoms. The van der Waals surface area contributed by atoms with Gasteiger partial charge in [0.25, 0.3) is 10.0 Å². The number of nitrogens with zero attached hydrogens (tertiary/aromatic N) is 2. The Hall–Kier alpha value is -3.07. The first-order chi connectivity index (χ1) is 18.9. The van der Waals surface area contributed by atoms with Gasteiger partial charge < -0.3 is 10.2 Å². The van der Waals surface area contributed by atoms with Gasteiger partial charge in [-0.1, -0.05) is 85.9 Å². The zero-order valence-electron chi connectivity index (χ0n) is 23.1. The second-order valence-electron chi connectivity index (χ2n) is 9.95. The molecular formula is C30H35Cl2N3O4S. The van der Waals surface area contributed by atoms with Crippen LogP contribution in [0.3, 0.4) is 0 Å². The fourth-order valence-electron chi connectivity index (χ4n) is 4.16. The monoisotopic (exact) mass is 603 g/mol. The minimum Gasteiger partial charge on any atom is -0.354 e. The first kappa shape index (κ1) is 31.5. The number of carbonyl (C=O) groups excluding carboxylic acids is 2. The third-order valence-corrected chi connectivity index (χ3v) is 8.89. The Kier molecular flexibility index (Phi) is 11.0. The zero-order chi connectivity index (χ0) is 29.4. The Morgan fingerprint density at radius 2 is 1.50 bits per heavy atom. The van der Waals surface area contributed by atoms with Crippen LogP contribution in [0.15, 0.2) is 77.7 Å². The lowest BCUT2D eigenvalue weighted by Gasteiger charge is -2.33. The molecule has 40 heavy (non-hydrogen) atoms. The van der Waals surface area contributed by atoms with Gasteiger partial charge in [-0.2, -0.15) is 0 Å². The molecule has 0 saturated heterocycles. The van der Waals surface area contributed by atoms with Crippen LogP contribution in [-0.4, -0.2) is 44.3 Å². The van der Waals surface area contributed by atoms with Crippen LogP contribution < -0.4 is 9.62 Å². The first-order valence-electron chi connectivity index (χ1n) is 13.1. The normalized spacial score (nSPS) is 12.2. The van der Waals surface area contributed by atoms with E-state index in [2.05, 4.69) is 5.32 Å². The quantitative estimate of drug-likeness (QED) is 0.272. The molecule has 3 aromatic carbocycles. The Bertz CT molecular complexity index is 1390. The second kappa shape index (κ2) is 14.0. The molecule has 0 bridgehead atoms. The average molecular weight is 605 g/mol. The number of carbonyl (C=O) groups is 2. The number of anilines is 1. The van der Waals surface area contributed by atoms with Gasteiger partial charge in [0.15, 0.2) is 0 Å². The van der Waals surface area contributed by atoms with Crippen LogP contribution in [0.1, 0.15) is 38.3 Å². The standard InChI is InChI=1S/C30H35Cl2N3O4S/c1-5-28(30(37)33-18-21(2)3)34(19-25-26(31)12-9-13-27(25)32)29(36)20-35(23-10-7-6-8-11-23)40(38,39)24-16-14-22(4)15-17-24/h6-17,21,28H,5,18-20H2,1-4H3,(H,33,37)/t28-/m1/s1. The maximum Gasteiger partial charge on any atom is 0.264 e. The van der Waals surface area contributed by atoms with Gasteiger partial charge in [-0.15, -0.1) is 0 Å². The Morgan fingerprint density at radius 3 is 2.05 bits per heavy atom. The summed E-state index contributed by atoms with van der Waals surface area (Å²) >= 11 is 12.9. The SMILES string of the molecule is CC[C@H](C(=O)NCC(C)C)N(Cc1c(Cl)cccc1Cl)C(=O)CN(c1ccccc1)S(=O)(=O)c1ccc(C)cc1. The van der Waals surface area contributed by atoms with Crippen molar-refractivity contribution < 1.29 is 18.0 Å². The maximum absolute atomic E-state index is 14.1. The highest BCUT2D eigenvalue weighted by Gasteiger charge is 2.34. The van der Waals surface area contributed by atoms with Crippen molar-refractivity contribution in [3.8, 4) is 0 Å². The molecule has 0 aliphatic heterocycles. The molecule has 214 valence electrons. The maximum atomic E-state index is 14.1. The predicted molar refractivity (Wildman–Crippen MR) is 161 cm³/mol. The average Bonchev–Trinajstić information content (AvgIpc) is 2.92. The van der Waals surface area contributed by atoms with Gasteiger partial charge in [0, 0.05) is 28.7 Å². The van der Waals surface area contributed by atoms with Gasteiger partial charge >= 0.3 is 0 Å². The number of nitrogens with one attached hydrogen (secondary N) is 1. The third kappa shape index (κ3) is 7.77. The molecule has 0 aromatic heterocycles. The van der Waals surface area contributed by atoms with Crippen LogP contribution in [0, 0.1) is 12.8 Å². The number of para-hydroxylation sites is 1. The largest absolute Gasteiger partial charge is 0.354 e. The van der Waals surface area contributed by atoms with E-state index in [1.165, 1.54) is 17.0 Å². The highest BCUT2D eigenvalue weighted by Crippen LogP contribution is 2.28. The summed E-state index contributed by atoms with van der Waals surface area (Å²) in [6.07, 6.45) is 0.299. The van der Waals surface area contributed by atoms with E-state index in [1.807, 2.05) is 20.8 Å². The molecular weight excluding hydrogens is 569 g/mol. The van der Waals surface area contributed by atoms with E-state index < -0.39 is 28.5 Å². The van der Waals surface area contributed by atoms with E-state index in [0.29, 0.717) is 34.3 Å². The van der Waals surface area contributed by atoms with Crippen molar-refractivity contribution in [3.63, 3.8) is 0 Å². The molecule has 0 aliphatic rings. The van der Waals surface area contributed by atoms with Crippen molar-refractivity contribution in [2.75, 3.05) is 17.4 Å². The number of hydrogen-bond acceptors (Lipinski definition) is 4. The molecule has 2 amide bonds. The van der Waals surface area contributed by atoms with E-state index in [1.54, 1.807) is 67.6 Å². The minimum atomic E-state index is -4.13. The van der Waals surface area contributed by atoms with Crippen molar-refractivity contribution in [2.45, 2.75) is 51.6 Å². The molecule has 0 radical (unpaired) electrons. The Labute approximate surface area is 247 Å². The van der Waals surface area contributed by atoms with Crippen LogP contribution >= 0.6 is 23.2 Å². The van der Waals surface area contributed by atoms with E-state index in [0.717, 1.165) is 9.87 Å². The molecule has 0 aliphatic carbocycles. The highest BCUT2D eigenvalue weighted by atomic mass is 35.5. The van der Waals surface area contributed by atoms with Gasteiger partial charge in [-0.25, -0.2) is 8.42 Å². The Balaban J connectivity index is 2.06. The van der Waals surface area contributed by atoms with Gasteiger partial charge in [-0.3, -0.25) is 13.9 Å². The van der Waals surface area contributed by atoms with Gasteiger partial charge in [0.2, 0.25) is 11.8 Å². The third-order valence-electron chi connectivity index (χ3n) is 6.39. The van der Waals surface area contributed by atoms with Crippen molar-refractivity contribution in [3.05, 3.63) is 94.0 Å². The summed E-state index contributed by atoms with van der Waals surface area (Å²) in [5.41, 5.74) is 1.70. The van der Waals surface area contributed by atoms with Gasteiger partial charge in [0.1, 0.15) is 12.6 Å². The molecule has 0 heterocycles. The molecule has 0 spiro atoms. The lowest BCUT2D eigenvalue weighted by molar-refractivity contribution is -0.140. The summed E-state index contributed by atoms with van der Waals surface area (Å²) in [6.45, 7) is 7.44.